The topological polar surface area (TPSA) is 93.1 Å². The molecule has 2 N–H and O–H groups in total. The highest BCUT2D eigenvalue weighted by molar-refractivity contribution is 7.92. The molecule has 4 aromatic rings. The Bertz CT molecular complexity index is 1390. The molecule has 3 aromatic carbocycles. The van der Waals surface area contributed by atoms with Crippen LogP contribution in [0.3, 0.4) is 0 Å². The zero-order chi connectivity index (χ0) is 24.1. The van der Waals surface area contributed by atoms with Gasteiger partial charge in [-0.1, -0.05) is 23.7 Å². The minimum absolute atomic E-state index is 0.0395. The number of rotatable bonds is 8. The molecule has 174 valence electrons. The molecule has 0 spiro atoms. The molecule has 0 saturated heterocycles. The fourth-order valence-corrected chi connectivity index (χ4v) is 4.52. The van der Waals surface area contributed by atoms with E-state index in [1.807, 2.05) is 36.5 Å². The number of nitrogens with one attached hydrogen (secondary N) is 2. The predicted molar refractivity (Wildman–Crippen MR) is 128 cm³/mol. The van der Waals surface area contributed by atoms with Crippen LogP contribution in [0.2, 0.25) is 5.02 Å². The van der Waals surface area contributed by atoms with Gasteiger partial charge in [-0.15, -0.1) is 0 Å². The smallest absolute Gasteiger partial charge is 0.261 e. The van der Waals surface area contributed by atoms with Gasteiger partial charge in [0.05, 0.1) is 21.2 Å². The van der Waals surface area contributed by atoms with Crippen molar-refractivity contribution in [3.05, 3.63) is 107 Å². The van der Waals surface area contributed by atoms with Gasteiger partial charge in [-0.25, -0.2) is 17.5 Å². The summed E-state index contributed by atoms with van der Waals surface area (Å²) in [6, 6.07) is 18.4. The van der Waals surface area contributed by atoms with E-state index in [2.05, 4.69) is 15.1 Å². The normalized spacial score (nSPS) is 11.2. The lowest BCUT2D eigenvalue weighted by Crippen LogP contribution is -2.26. The second-order valence-corrected chi connectivity index (χ2v) is 9.47. The number of hydrogen-bond acceptors (Lipinski definition) is 4. The molecule has 0 saturated carbocycles. The molecule has 34 heavy (non-hydrogen) atoms. The number of carbonyl (C=O) groups is 1. The van der Waals surface area contributed by atoms with Gasteiger partial charge in [-0.05, 0) is 72.6 Å². The summed E-state index contributed by atoms with van der Waals surface area (Å²) in [5, 5.41) is 7.07. The molecule has 10 heteroatoms. The fraction of sp³-hybridized carbons (Fsp3) is 0.0833. The lowest BCUT2D eigenvalue weighted by atomic mass is 10.1. The van der Waals surface area contributed by atoms with Crippen LogP contribution in [0, 0.1) is 5.82 Å². The number of carbonyl (C=O) groups excluding carboxylic acids is 1. The van der Waals surface area contributed by atoms with Gasteiger partial charge in [0.1, 0.15) is 5.82 Å². The second kappa shape index (κ2) is 10.1. The third-order valence-corrected chi connectivity index (χ3v) is 6.70. The van der Waals surface area contributed by atoms with Crippen molar-refractivity contribution < 1.29 is 17.6 Å². The van der Waals surface area contributed by atoms with Crippen molar-refractivity contribution in [3.8, 4) is 5.69 Å². The van der Waals surface area contributed by atoms with E-state index in [1.54, 1.807) is 10.9 Å². The van der Waals surface area contributed by atoms with Gasteiger partial charge in [0, 0.05) is 24.6 Å². The lowest BCUT2D eigenvalue weighted by Gasteiger charge is -2.11. The molecule has 0 atom stereocenters. The maximum atomic E-state index is 13.1. The zero-order valence-corrected chi connectivity index (χ0v) is 19.4. The summed E-state index contributed by atoms with van der Waals surface area (Å²) >= 11 is 6.16. The largest absolute Gasteiger partial charge is 0.352 e. The summed E-state index contributed by atoms with van der Waals surface area (Å²) in [4.78, 5) is 12.5. The molecule has 0 unspecified atom stereocenters. The average molecular weight is 499 g/mol. The molecule has 0 bridgehead atoms. The molecule has 0 aliphatic rings. The summed E-state index contributed by atoms with van der Waals surface area (Å²) < 4.78 is 42.6. The third kappa shape index (κ3) is 5.62. The van der Waals surface area contributed by atoms with Crippen molar-refractivity contribution in [2.24, 2.45) is 0 Å². The number of hydrogen-bond donors (Lipinski definition) is 2. The number of amides is 1. The maximum Gasteiger partial charge on any atom is 0.261 e. The number of anilines is 1. The Balaban J connectivity index is 1.40. The summed E-state index contributed by atoms with van der Waals surface area (Å²) in [5.74, 6) is -0.973. The fourth-order valence-electron chi connectivity index (χ4n) is 3.23. The van der Waals surface area contributed by atoms with Crippen LogP contribution in [0.4, 0.5) is 10.1 Å². The van der Waals surface area contributed by atoms with E-state index in [-0.39, 0.29) is 21.2 Å². The van der Waals surface area contributed by atoms with Crippen LogP contribution in [-0.4, -0.2) is 30.7 Å². The maximum absolute atomic E-state index is 13.1. The third-order valence-electron chi connectivity index (χ3n) is 4.99. The highest BCUT2D eigenvalue weighted by Gasteiger charge is 2.19. The first-order valence-electron chi connectivity index (χ1n) is 10.3. The van der Waals surface area contributed by atoms with Crippen LogP contribution in [0.1, 0.15) is 15.9 Å². The number of sulfonamides is 1. The van der Waals surface area contributed by atoms with Crippen LogP contribution < -0.4 is 10.0 Å². The SMILES string of the molecule is O=C(NCCc1ccc(-n2cccn2)cc1)c1cc(S(=O)(=O)Nc2ccc(F)cc2)ccc1Cl. The minimum Gasteiger partial charge on any atom is -0.352 e. The van der Waals surface area contributed by atoms with Gasteiger partial charge in [0.25, 0.3) is 15.9 Å². The molecule has 0 aliphatic carbocycles. The molecule has 0 fully saturated rings. The lowest BCUT2D eigenvalue weighted by molar-refractivity contribution is 0.0954. The van der Waals surface area contributed by atoms with Gasteiger partial charge in [-0.3, -0.25) is 9.52 Å². The van der Waals surface area contributed by atoms with Crippen LogP contribution in [-0.2, 0) is 16.4 Å². The Morgan fingerprint density at radius 1 is 1.03 bits per heavy atom. The van der Waals surface area contributed by atoms with Crippen molar-refractivity contribution in [2.75, 3.05) is 11.3 Å². The highest BCUT2D eigenvalue weighted by atomic mass is 35.5. The molecule has 7 nitrogen and oxygen atoms in total. The van der Waals surface area contributed by atoms with E-state index >= 15 is 0 Å². The molecule has 4 rings (SSSR count). The minimum atomic E-state index is -4.00. The van der Waals surface area contributed by atoms with Crippen molar-refractivity contribution in [3.63, 3.8) is 0 Å². The number of nitrogens with zero attached hydrogens (tertiary/aromatic N) is 2. The van der Waals surface area contributed by atoms with E-state index in [0.717, 1.165) is 23.4 Å². The molecule has 1 heterocycles. The van der Waals surface area contributed by atoms with Crippen LogP contribution in [0.25, 0.3) is 5.69 Å². The van der Waals surface area contributed by atoms with E-state index in [4.69, 9.17) is 11.6 Å². The molecular formula is C24H20ClFN4O3S. The number of aromatic nitrogens is 2. The van der Waals surface area contributed by atoms with Gasteiger partial charge >= 0.3 is 0 Å². The summed E-state index contributed by atoms with van der Waals surface area (Å²) in [6.45, 7) is 0.334. The first kappa shape index (κ1) is 23.5. The Morgan fingerprint density at radius 2 is 1.76 bits per heavy atom. The van der Waals surface area contributed by atoms with Crippen molar-refractivity contribution in [2.45, 2.75) is 11.3 Å². The average Bonchev–Trinajstić information content (AvgIpc) is 3.36. The quantitative estimate of drug-likeness (QED) is 0.375. The Morgan fingerprint density at radius 3 is 2.44 bits per heavy atom. The Kier molecular flexibility index (Phi) is 6.95. The van der Waals surface area contributed by atoms with Crippen LogP contribution >= 0.6 is 11.6 Å². The van der Waals surface area contributed by atoms with Gasteiger partial charge in [-0.2, -0.15) is 5.10 Å². The zero-order valence-electron chi connectivity index (χ0n) is 17.8. The highest BCUT2D eigenvalue weighted by Crippen LogP contribution is 2.23. The summed E-state index contributed by atoms with van der Waals surface area (Å²) in [7, 11) is -4.00. The van der Waals surface area contributed by atoms with Crippen molar-refractivity contribution in [1.82, 2.24) is 15.1 Å². The molecule has 0 radical (unpaired) electrons. The molecule has 0 aliphatic heterocycles. The molecule has 1 amide bonds. The van der Waals surface area contributed by atoms with Crippen molar-refractivity contribution >= 4 is 33.2 Å². The summed E-state index contributed by atoms with van der Waals surface area (Å²) in [5.41, 5.74) is 2.18. The van der Waals surface area contributed by atoms with Crippen LogP contribution in [0.15, 0.2) is 90.1 Å². The first-order valence-corrected chi connectivity index (χ1v) is 12.1. The van der Waals surface area contributed by atoms with E-state index < -0.39 is 21.7 Å². The van der Waals surface area contributed by atoms with E-state index in [1.165, 1.54) is 30.3 Å². The molecule has 1 aromatic heterocycles. The molecular weight excluding hydrogens is 479 g/mol. The van der Waals surface area contributed by atoms with Gasteiger partial charge in [0.15, 0.2) is 0 Å². The monoisotopic (exact) mass is 498 g/mol. The van der Waals surface area contributed by atoms with E-state index in [9.17, 15) is 17.6 Å². The Labute approximate surface area is 201 Å². The second-order valence-electron chi connectivity index (χ2n) is 7.38. The summed E-state index contributed by atoms with van der Waals surface area (Å²) in [6.07, 6.45) is 4.13. The van der Waals surface area contributed by atoms with Gasteiger partial charge in [0.2, 0.25) is 0 Å². The standard InChI is InChI=1S/C24H20ClFN4O3S/c25-23-11-10-21(34(32,33)29-19-6-4-18(26)5-7-19)16-22(23)24(31)27-14-12-17-2-8-20(9-3-17)30-15-1-13-28-30/h1-11,13,15-16,29H,12,14H2,(H,27,31). The number of benzene rings is 3. The Hall–Kier alpha value is -3.69. The van der Waals surface area contributed by atoms with Crippen molar-refractivity contribution in [1.29, 1.82) is 0 Å². The predicted octanol–water partition coefficient (Wildman–Crippen LogP) is 4.44. The first-order chi connectivity index (χ1) is 16.3. The number of halogens is 2. The van der Waals surface area contributed by atoms with Gasteiger partial charge < -0.3 is 5.32 Å². The van der Waals surface area contributed by atoms with Crippen LogP contribution in [0.5, 0.6) is 0 Å². The van der Waals surface area contributed by atoms with E-state index in [0.29, 0.717) is 13.0 Å².